The third-order valence-corrected chi connectivity index (χ3v) is 5.29. The molecule has 0 atom stereocenters. The Kier molecular flexibility index (Phi) is 5.90. The summed E-state index contributed by atoms with van der Waals surface area (Å²) in [5.41, 5.74) is 0.715. The van der Waals surface area contributed by atoms with Gasteiger partial charge in [0.15, 0.2) is 0 Å². The van der Waals surface area contributed by atoms with Crippen LogP contribution >= 0.6 is 0 Å². The molecule has 0 aliphatic rings. The Morgan fingerprint density at radius 3 is 2.24 bits per heavy atom. The van der Waals surface area contributed by atoms with Crippen LogP contribution in [0.4, 0.5) is 13.2 Å². The highest BCUT2D eigenvalue weighted by Crippen LogP contribution is 2.29. The first-order valence-electron chi connectivity index (χ1n) is 7.85. The van der Waals surface area contributed by atoms with Crippen molar-refractivity contribution in [2.24, 2.45) is 0 Å². The number of nitrogens with one attached hydrogen (secondary N) is 1. The summed E-state index contributed by atoms with van der Waals surface area (Å²) < 4.78 is 64.9. The van der Waals surface area contributed by atoms with Gasteiger partial charge in [0.1, 0.15) is 0 Å². The van der Waals surface area contributed by atoms with Crippen molar-refractivity contribution in [2.45, 2.75) is 37.3 Å². The Morgan fingerprint density at radius 2 is 1.68 bits per heavy atom. The van der Waals surface area contributed by atoms with Crippen LogP contribution in [0.25, 0.3) is 0 Å². The Hall–Kier alpha value is -1.86. The molecule has 0 amide bonds. The Bertz CT molecular complexity index is 813. The summed E-state index contributed by atoms with van der Waals surface area (Å²) in [6.07, 6.45) is -4.24. The maximum Gasteiger partial charge on any atom is 0.416 e. The van der Waals surface area contributed by atoms with Gasteiger partial charge in [-0.2, -0.15) is 13.2 Å². The number of benzene rings is 2. The van der Waals surface area contributed by atoms with Gasteiger partial charge in [0.05, 0.1) is 10.5 Å². The van der Waals surface area contributed by atoms with Crippen LogP contribution in [-0.4, -0.2) is 15.0 Å². The van der Waals surface area contributed by atoms with E-state index >= 15 is 0 Å². The molecule has 0 spiro atoms. The topological polar surface area (TPSA) is 46.2 Å². The Morgan fingerprint density at radius 1 is 1.04 bits per heavy atom. The van der Waals surface area contributed by atoms with E-state index in [1.807, 2.05) is 13.8 Å². The molecule has 2 aromatic carbocycles. The van der Waals surface area contributed by atoms with Crippen molar-refractivity contribution in [3.63, 3.8) is 0 Å². The van der Waals surface area contributed by atoms with Gasteiger partial charge in [-0.15, -0.1) is 0 Å². The minimum atomic E-state index is -4.41. The summed E-state index contributed by atoms with van der Waals surface area (Å²) in [5, 5.41) is 0. The molecule has 0 aliphatic heterocycles. The average Bonchev–Trinajstić information content (AvgIpc) is 2.54. The van der Waals surface area contributed by atoms with Gasteiger partial charge in [0.25, 0.3) is 0 Å². The van der Waals surface area contributed by atoms with E-state index in [-0.39, 0.29) is 17.9 Å². The van der Waals surface area contributed by atoms with E-state index in [0.717, 1.165) is 17.7 Å². The first-order valence-corrected chi connectivity index (χ1v) is 9.33. The van der Waals surface area contributed by atoms with Crippen molar-refractivity contribution in [1.29, 1.82) is 0 Å². The van der Waals surface area contributed by atoms with Crippen LogP contribution in [0.1, 0.15) is 36.5 Å². The minimum Gasteiger partial charge on any atom is -0.211 e. The predicted molar refractivity (Wildman–Crippen MR) is 90.9 cm³/mol. The van der Waals surface area contributed by atoms with Crippen molar-refractivity contribution in [2.75, 3.05) is 6.54 Å². The molecule has 0 radical (unpaired) electrons. The second kappa shape index (κ2) is 7.58. The molecule has 2 rings (SSSR count). The fourth-order valence-electron chi connectivity index (χ4n) is 2.35. The van der Waals surface area contributed by atoms with E-state index in [1.165, 1.54) is 18.2 Å². The van der Waals surface area contributed by atoms with E-state index in [1.54, 1.807) is 18.2 Å². The second-order valence-corrected chi connectivity index (χ2v) is 7.84. The first kappa shape index (κ1) is 19.5. The average molecular weight is 371 g/mol. The molecule has 1 N–H and O–H groups in total. The van der Waals surface area contributed by atoms with Gasteiger partial charge in [-0.05, 0) is 41.7 Å². The Balaban J connectivity index is 2.01. The maximum atomic E-state index is 12.7. The molecule has 0 saturated carbocycles. The zero-order chi connectivity index (χ0) is 18.7. The van der Waals surface area contributed by atoms with E-state index in [9.17, 15) is 21.6 Å². The molecule has 0 aliphatic carbocycles. The lowest BCUT2D eigenvalue weighted by atomic mass is 10.0. The van der Waals surface area contributed by atoms with Gasteiger partial charge in [-0.3, -0.25) is 0 Å². The highest BCUT2D eigenvalue weighted by atomic mass is 32.2. The van der Waals surface area contributed by atoms with E-state index in [0.29, 0.717) is 11.5 Å². The molecule has 2 aromatic rings. The molecule has 7 heteroatoms. The number of halogens is 3. The molecule has 0 unspecified atom stereocenters. The van der Waals surface area contributed by atoms with Crippen molar-refractivity contribution >= 4 is 10.0 Å². The molecule has 3 nitrogen and oxygen atoms in total. The third-order valence-electron chi connectivity index (χ3n) is 3.82. The van der Waals surface area contributed by atoms with Crippen molar-refractivity contribution in [3.05, 3.63) is 65.2 Å². The van der Waals surface area contributed by atoms with E-state index < -0.39 is 21.8 Å². The molecular weight excluding hydrogens is 351 g/mol. The summed E-state index contributed by atoms with van der Waals surface area (Å²) in [6.45, 7) is 4.04. The van der Waals surface area contributed by atoms with Gasteiger partial charge in [0.2, 0.25) is 10.0 Å². The molecular formula is C18H20F3NO2S. The summed E-state index contributed by atoms with van der Waals surface area (Å²) in [7, 11) is -3.68. The summed E-state index contributed by atoms with van der Waals surface area (Å²) in [5.74, 6) is 0.297. The summed E-state index contributed by atoms with van der Waals surface area (Å²) in [6, 6.07) is 11.5. The summed E-state index contributed by atoms with van der Waals surface area (Å²) in [4.78, 5) is 0.140. The van der Waals surface area contributed by atoms with Crippen LogP contribution in [0.2, 0.25) is 0 Å². The van der Waals surface area contributed by atoms with Gasteiger partial charge in [-0.25, -0.2) is 13.1 Å². The second-order valence-electron chi connectivity index (χ2n) is 6.07. The lowest BCUT2D eigenvalue weighted by Crippen LogP contribution is -2.26. The highest BCUT2D eigenvalue weighted by molar-refractivity contribution is 7.89. The lowest BCUT2D eigenvalue weighted by molar-refractivity contribution is -0.137. The van der Waals surface area contributed by atoms with Crippen LogP contribution in [0.5, 0.6) is 0 Å². The zero-order valence-corrected chi connectivity index (χ0v) is 14.8. The number of hydrogen-bond donors (Lipinski definition) is 1. The quantitative estimate of drug-likeness (QED) is 0.821. The zero-order valence-electron chi connectivity index (χ0n) is 14.0. The Labute approximate surface area is 145 Å². The van der Waals surface area contributed by atoms with Crippen LogP contribution in [-0.2, 0) is 22.6 Å². The van der Waals surface area contributed by atoms with Crippen molar-refractivity contribution in [1.82, 2.24) is 4.72 Å². The largest absolute Gasteiger partial charge is 0.416 e. The van der Waals surface area contributed by atoms with Gasteiger partial charge in [0, 0.05) is 6.54 Å². The fraction of sp³-hybridized carbons (Fsp3) is 0.333. The fourth-order valence-corrected chi connectivity index (χ4v) is 3.38. The molecule has 0 fully saturated rings. The molecule has 136 valence electrons. The predicted octanol–water partition coefficient (Wildman–Crippen LogP) is 4.35. The number of rotatable bonds is 6. The summed E-state index contributed by atoms with van der Waals surface area (Å²) >= 11 is 0. The van der Waals surface area contributed by atoms with Crippen LogP contribution in [0, 0.1) is 0 Å². The van der Waals surface area contributed by atoms with Crippen LogP contribution < -0.4 is 4.72 Å². The lowest BCUT2D eigenvalue weighted by Gasteiger charge is -2.10. The molecule has 0 heterocycles. The maximum absolute atomic E-state index is 12.7. The molecule has 0 saturated heterocycles. The molecule has 0 bridgehead atoms. The SMILES string of the molecule is CC(C)c1ccc(S(=O)(=O)NCCc2cccc(C(F)(F)F)c2)cc1. The smallest absolute Gasteiger partial charge is 0.211 e. The third kappa shape index (κ3) is 5.31. The monoisotopic (exact) mass is 371 g/mol. The van der Waals surface area contributed by atoms with Gasteiger partial charge in [-0.1, -0.05) is 44.2 Å². The number of hydrogen-bond acceptors (Lipinski definition) is 2. The van der Waals surface area contributed by atoms with Gasteiger partial charge < -0.3 is 0 Å². The van der Waals surface area contributed by atoms with Crippen LogP contribution in [0.15, 0.2) is 53.4 Å². The van der Waals surface area contributed by atoms with Crippen molar-refractivity contribution in [3.8, 4) is 0 Å². The minimum absolute atomic E-state index is 0.0234. The normalized spacial score (nSPS) is 12.6. The number of alkyl halides is 3. The highest BCUT2D eigenvalue weighted by Gasteiger charge is 2.30. The molecule has 0 aromatic heterocycles. The molecule has 25 heavy (non-hydrogen) atoms. The van der Waals surface area contributed by atoms with E-state index in [2.05, 4.69) is 4.72 Å². The van der Waals surface area contributed by atoms with Crippen molar-refractivity contribution < 1.29 is 21.6 Å². The van der Waals surface area contributed by atoms with Gasteiger partial charge >= 0.3 is 6.18 Å². The van der Waals surface area contributed by atoms with E-state index in [4.69, 9.17) is 0 Å². The van der Waals surface area contributed by atoms with Crippen LogP contribution in [0.3, 0.4) is 0 Å². The number of sulfonamides is 1. The standard InChI is InChI=1S/C18H20F3NO2S/c1-13(2)15-6-8-17(9-7-15)25(23,24)22-11-10-14-4-3-5-16(12-14)18(19,20)21/h3-9,12-13,22H,10-11H2,1-2H3. The first-order chi connectivity index (χ1) is 11.6.